The minimum Gasteiger partial charge on any atom is -0.493 e. The standard InChI is InChI=1S/C15H24N2O4/c1-15(2,5-6-18)9-17-14(19)10-7-12(20-3)13(21-4)8-11(10)16/h7-8,18H,5-6,9,16H2,1-4H3,(H,17,19). The summed E-state index contributed by atoms with van der Waals surface area (Å²) in [5, 5.41) is 11.8. The summed E-state index contributed by atoms with van der Waals surface area (Å²) in [5.41, 5.74) is 6.36. The third-order valence-electron chi connectivity index (χ3n) is 3.32. The van der Waals surface area contributed by atoms with Gasteiger partial charge in [0.2, 0.25) is 0 Å². The van der Waals surface area contributed by atoms with Crippen molar-refractivity contribution in [2.45, 2.75) is 20.3 Å². The third-order valence-corrected chi connectivity index (χ3v) is 3.32. The molecule has 0 saturated carbocycles. The van der Waals surface area contributed by atoms with Crippen molar-refractivity contribution in [2.24, 2.45) is 5.41 Å². The monoisotopic (exact) mass is 296 g/mol. The first kappa shape index (κ1) is 17.1. The highest BCUT2D eigenvalue weighted by molar-refractivity contribution is 6.00. The maximum Gasteiger partial charge on any atom is 0.253 e. The predicted molar refractivity (Wildman–Crippen MR) is 81.8 cm³/mol. The van der Waals surface area contributed by atoms with Gasteiger partial charge in [-0.3, -0.25) is 4.79 Å². The summed E-state index contributed by atoms with van der Waals surface area (Å²) in [6.45, 7) is 4.48. The number of amides is 1. The molecule has 0 aliphatic carbocycles. The molecule has 0 aliphatic rings. The van der Waals surface area contributed by atoms with Crippen molar-refractivity contribution in [2.75, 3.05) is 33.1 Å². The van der Waals surface area contributed by atoms with Crippen molar-refractivity contribution in [1.29, 1.82) is 0 Å². The van der Waals surface area contributed by atoms with E-state index < -0.39 is 0 Å². The molecule has 1 rings (SSSR count). The zero-order valence-electron chi connectivity index (χ0n) is 13.0. The fraction of sp³-hybridized carbons (Fsp3) is 0.533. The lowest BCUT2D eigenvalue weighted by Gasteiger charge is -2.24. The van der Waals surface area contributed by atoms with Crippen LogP contribution in [0.3, 0.4) is 0 Å². The zero-order chi connectivity index (χ0) is 16.0. The maximum atomic E-state index is 12.2. The summed E-state index contributed by atoms with van der Waals surface area (Å²) in [7, 11) is 3.01. The van der Waals surface area contributed by atoms with Gasteiger partial charge in [-0.25, -0.2) is 0 Å². The Morgan fingerprint density at radius 3 is 2.38 bits per heavy atom. The van der Waals surface area contributed by atoms with Gasteiger partial charge >= 0.3 is 0 Å². The Kier molecular flexibility index (Phi) is 5.84. The van der Waals surface area contributed by atoms with Crippen LogP contribution in [0, 0.1) is 5.41 Å². The third kappa shape index (κ3) is 4.53. The number of nitrogen functional groups attached to an aromatic ring is 1. The second-order valence-corrected chi connectivity index (χ2v) is 5.61. The maximum absolute atomic E-state index is 12.2. The zero-order valence-corrected chi connectivity index (χ0v) is 13.0. The van der Waals surface area contributed by atoms with Crippen LogP contribution in [0.25, 0.3) is 0 Å². The van der Waals surface area contributed by atoms with Crippen molar-refractivity contribution < 1.29 is 19.4 Å². The Morgan fingerprint density at radius 1 is 1.29 bits per heavy atom. The van der Waals surface area contributed by atoms with Gasteiger partial charge in [0.15, 0.2) is 11.5 Å². The van der Waals surface area contributed by atoms with E-state index in [0.29, 0.717) is 35.7 Å². The molecule has 0 saturated heterocycles. The lowest BCUT2D eigenvalue weighted by atomic mass is 9.89. The van der Waals surface area contributed by atoms with E-state index in [1.165, 1.54) is 14.2 Å². The molecule has 4 N–H and O–H groups in total. The van der Waals surface area contributed by atoms with Crippen molar-refractivity contribution >= 4 is 11.6 Å². The number of aliphatic hydroxyl groups is 1. The summed E-state index contributed by atoms with van der Waals surface area (Å²) in [5.74, 6) is 0.651. The molecule has 0 unspecified atom stereocenters. The Hall–Kier alpha value is -1.95. The minimum absolute atomic E-state index is 0.0847. The first-order valence-electron chi connectivity index (χ1n) is 6.75. The topological polar surface area (TPSA) is 93.8 Å². The van der Waals surface area contributed by atoms with Gasteiger partial charge in [-0.1, -0.05) is 13.8 Å². The fourth-order valence-corrected chi connectivity index (χ4v) is 1.90. The Morgan fingerprint density at radius 2 is 1.86 bits per heavy atom. The summed E-state index contributed by atoms with van der Waals surface area (Å²) in [6.07, 6.45) is 0.606. The Labute approximate surface area is 125 Å². The van der Waals surface area contributed by atoms with Crippen LogP contribution in [0.5, 0.6) is 11.5 Å². The summed E-state index contributed by atoms with van der Waals surface area (Å²) < 4.78 is 10.3. The minimum atomic E-state index is -0.278. The quantitative estimate of drug-likeness (QED) is 0.662. The van der Waals surface area contributed by atoms with Crippen LogP contribution in [-0.4, -0.2) is 38.4 Å². The number of rotatable bonds is 7. The number of nitrogens with one attached hydrogen (secondary N) is 1. The largest absolute Gasteiger partial charge is 0.493 e. The fourth-order valence-electron chi connectivity index (χ4n) is 1.90. The molecule has 1 amide bonds. The molecule has 6 heteroatoms. The number of carbonyl (C=O) groups is 1. The molecule has 21 heavy (non-hydrogen) atoms. The number of aliphatic hydroxyl groups excluding tert-OH is 1. The Bertz CT molecular complexity index is 501. The molecule has 1 aromatic rings. The summed E-state index contributed by atoms with van der Waals surface area (Å²) >= 11 is 0. The number of carbonyl (C=O) groups excluding carboxylic acids is 1. The van der Waals surface area contributed by atoms with Gasteiger partial charge in [0, 0.05) is 24.9 Å². The number of hydrogen-bond donors (Lipinski definition) is 3. The molecule has 0 fully saturated rings. The molecular formula is C15H24N2O4. The number of methoxy groups -OCH3 is 2. The molecule has 0 aromatic heterocycles. The van der Waals surface area contributed by atoms with E-state index in [1.807, 2.05) is 13.8 Å². The number of ether oxygens (including phenoxy) is 2. The van der Waals surface area contributed by atoms with E-state index in [2.05, 4.69) is 5.32 Å². The Balaban J connectivity index is 2.88. The molecule has 0 radical (unpaired) electrons. The smallest absolute Gasteiger partial charge is 0.253 e. The van der Waals surface area contributed by atoms with E-state index in [4.69, 9.17) is 20.3 Å². The van der Waals surface area contributed by atoms with E-state index in [-0.39, 0.29) is 17.9 Å². The SMILES string of the molecule is COc1cc(N)c(C(=O)NCC(C)(C)CCO)cc1OC. The van der Waals surface area contributed by atoms with Gasteiger partial charge < -0.3 is 25.6 Å². The van der Waals surface area contributed by atoms with E-state index in [0.717, 1.165) is 0 Å². The molecule has 118 valence electrons. The van der Waals surface area contributed by atoms with E-state index in [9.17, 15) is 4.79 Å². The van der Waals surface area contributed by atoms with Crippen molar-refractivity contribution in [1.82, 2.24) is 5.32 Å². The highest BCUT2D eigenvalue weighted by Gasteiger charge is 2.20. The van der Waals surface area contributed by atoms with Crippen molar-refractivity contribution in [3.05, 3.63) is 17.7 Å². The van der Waals surface area contributed by atoms with Gasteiger partial charge in [0.25, 0.3) is 5.91 Å². The van der Waals surface area contributed by atoms with Gasteiger partial charge in [0.05, 0.1) is 19.8 Å². The van der Waals surface area contributed by atoms with Gasteiger partial charge in [-0.15, -0.1) is 0 Å². The first-order valence-corrected chi connectivity index (χ1v) is 6.75. The van der Waals surface area contributed by atoms with Gasteiger partial charge in [0.1, 0.15) is 0 Å². The highest BCUT2D eigenvalue weighted by atomic mass is 16.5. The summed E-state index contributed by atoms with van der Waals surface area (Å²) in [4.78, 5) is 12.2. The van der Waals surface area contributed by atoms with Crippen LogP contribution in [0.1, 0.15) is 30.6 Å². The molecule has 0 atom stereocenters. The van der Waals surface area contributed by atoms with Crippen LogP contribution in [0.4, 0.5) is 5.69 Å². The molecule has 0 heterocycles. The molecule has 6 nitrogen and oxygen atoms in total. The van der Waals surface area contributed by atoms with Crippen molar-refractivity contribution in [3.8, 4) is 11.5 Å². The van der Waals surface area contributed by atoms with E-state index >= 15 is 0 Å². The van der Waals surface area contributed by atoms with Gasteiger partial charge in [-0.05, 0) is 17.9 Å². The van der Waals surface area contributed by atoms with Crippen LogP contribution in [0.2, 0.25) is 0 Å². The van der Waals surface area contributed by atoms with Crippen LogP contribution in [0.15, 0.2) is 12.1 Å². The van der Waals surface area contributed by atoms with E-state index in [1.54, 1.807) is 12.1 Å². The average molecular weight is 296 g/mol. The normalized spacial score (nSPS) is 11.1. The average Bonchev–Trinajstić information content (AvgIpc) is 2.44. The first-order chi connectivity index (χ1) is 9.84. The van der Waals surface area contributed by atoms with Crippen LogP contribution >= 0.6 is 0 Å². The molecular weight excluding hydrogens is 272 g/mol. The van der Waals surface area contributed by atoms with Crippen molar-refractivity contribution in [3.63, 3.8) is 0 Å². The van der Waals surface area contributed by atoms with Gasteiger partial charge in [-0.2, -0.15) is 0 Å². The van der Waals surface area contributed by atoms with Crippen LogP contribution in [-0.2, 0) is 0 Å². The number of nitrogens with two attached hydrogens (primary N) is 1. The second kappa shape index (κ2) is 7.17. The lowest BCUT2D eigenvalue weighted by Crippen LogP contribution is -2.34. The molecule has 0 spiro atoms. The van der Waals surface area contributed by atoms with Crippen LogP contribution < -0.4 is 20.5 Å². The number of hydrogen-bond acceptors (Lipinski definition) is 5. The molecule has 0 aliphatic heterocycles. The highest BCUT2D eigenvalue weighted by Crippen LogP contribution is 2.32. The lowest BCUT2D eigenvalue weighted by molar-refractivity contribution is 0.0928. The predicted octanol–water partition coefficient (Wildman–Crippen LogP) is 1.42. The second-order valence-electron chi connectivity index (χ2n) is 5.61. The molecule has 1 aromatic carbocycles. The number of benzene rings is 1. The number of anilines is 1. The summed E-state index contributed by atoms with van der Waals surface area (Å²) in [6, 6.07) is 3.12. The molecule has 0 bridgehead atoms.